The van der Waals surface area contributed by atoms with Crippen molar-refractivity contribution >= 4 is 5.97 Å². The van der Waals surface area contributed by atoms with Crippen LogP contribution in [0, 0.1) is 5.92 Å². The molecule has 0 aromatic heterocycles. The second-order valence-electron chi connectivity index (χ2n) is 2.29. The minimum absolute atomic E-state index is 0.107. The van der Waals surface area contributed by atoms with Gasteiger partial charge in [0.15, 0.2) is 0 Å². The summed E-state index contributed by atoms with van der Waals surface area (Å²) in [6.45, 7) is -1.94. The number of carbonyl (C=O) groups excluding carboxylic acids is 1. The van der Waals surface area contributed by atoms with Crippen molar-refractivity contribution in [3.05, 3.63) is 0 Å². The van der Waals surface area contributed by atoms with E-state index in [0.717, 1.165) is 0 Å². The van der Waals surface area contributed by atoms with Crippen LogP contribution in [0.1, 0.15) is 25.2 Å². The standard InChI is InChI=1S/C8H15NO2/c1-2-11-8(10)7-4-3-5-9-6-7/h7,9H,2-6H2,1H3/i5D2,6D2. The summed E-state index contributed by atoms with van der Waals surface area (Å²) in [6.07, 6.45) is 0.266. The molecule has 0 saturated carbocycles. The highest BCUT2D eigenvalue weighted by molar-refractivity contribution is 5.72. The fourth-order valence-electron chi connectivity index (χ4n) is 0.909. The van der Waals surface area contributed by atoms with E-state index in [1.165, 1.54) is 0 Å². The monoisotopic (exact) mass is 161 g/mol. The third-order valence-corrected chi connectivity index (χ3v) is 1.46. The second kappa shape index (κ2) is 4.34. The average Bonchev–Trinajstić information content (AvgIpc) is 1.99. The lowest BCUT2D eigenvalue weighted by Crippen LogP contribution is -2.35. The van der Waals surface area contributed by atoms with Gasteiger partial charge in [-0.25, -0.2) is 0 Å². The van der Waals surface area contributed by atoms with Crippen LogP contribution in [0.4, 0.5) is 0 Å². The molecule has 1 N–H and O–H groups in total. The molecule has 1 rings (SSSR count). The molecule has 0 radical (unpaired) electrons. The van der Waals surface area contributed by atoms with E-state index < -0.39 is 24.9 Å². The number of piperidine rings is 1. The van der Waals surface area contributed by atoms with Gasteiger partial charge in [-0.3, -0.25) is 4.79 Å². The molecule has 1 unspecified atom stereocenters. The van der Waals surface area contributed by atoms with Crippen molar-refractivity contribution in [2.24, 2.45) is 5.92 Å². The van der Waals surface area contributed by atoms with Crippen molar-refractivity contribution in [2.75, 3.05) is 19.6 Å². The second-order valence-corrected chi connectivity index (χ2v) is 2.29. The zero-order chi connectivity index (χ0) is 11.7. The Morgan fingerprint density at radius 2 is 2.73 bits per heavy atom. The molecular weight excluding hydrogens is 142 g/mol. The molecule has 0 amide bonds. The number of carbonyl (C=O) groups is 1. The third kappa shape index (κ3) is 2.50. The largest absolute Gasteiger partial charge is 0.466 e. The Kier molecular flexibility index (Phi) is 1.76. The van der Waals surface area contributed by atoms with Crippen LogP contribution in [-0.2, 0) is 9.53 Å². The molecule has 0 aromatic carbocycles. The van der Waals surface area contributed by atoms with Gasteiger partial charge in [0, 0.05) is 12.0 Å². The molecule has 1 atom stereocenters. The predicted octanol–water partition coefficient (Wildman–Crippen LogP) is 0.549. The fraction of sp³-hybridized carbons (Fsp3) is 0.875. The van der Waals surface area contributed by atoms with Gasteiger partial charge in [0.2, 0.25) is 0 Å². The Balaban J connectivity index is 2.72. The van der Waals surface area contributed by atoms with Crippen molar-refractivity contribution in [1.82, 2.24) is 5.32 Å². The van der Waals surface area contributed by atoms with Crippen molar-refractivity contribution in [2.45, 2.75) is 19.8 Å². The molecule has 0 aliphatic carbocycles. The summed E-state index contributed by atoms with van der Waals surface area (Å²) in [5.74, 6) is -1.54. The Hall–Kier alpha value is -0.570. The maximum atomic E-state index is 11.4. The van der Waals surface area contributed by atoms with Gasteiger partial charge in [-0.15, -0.1) is 0 Å². The molecule has 0 aromatic rings. The molecule has 1 aliphatic rings. The van der Waals surface area contributed by atoms with Gasteiger partial charge in [-0.1, -0.05) is 0 Å². The molecule has 1 aliphatic heterocycles. The Morgan fingerprint density at radius 1 is 1.91 bits per heavy atom. The number of rotatable bonds is 2. The summed E-state index contributed by atoms with van der Waals surface area (Å²) in [4.78, 5) is 11.4. The Bertz CT molecular complexity index is 257. The minimum Gasteiger partial charge on any atom is -0.466 e. The van der Waals surface area contributed by atoms with Crippen LogP contribution in [0.15, 0.2) is 0 Å². The zero-order valence-electron chi connectivity index (χ0n) is 10.5. The Morgan fingerprint density at radius 3 is 3.36 bits per heavy atom. The maximum Gasteiger partial charge on any atom is 0.310 e. The van der Waals surface area contributed by atoms with E-state index in [4.69, 9.17) is 10.2 Å². The van der Waals surface area contributed by atoms with Crippen molar-refractivity contribution in [3.8, 4) is 0 Å². The first-order valence-electron chi connectivity index (χ1n) is 5.74. The number of esters is 1. The van der Waals surface area contributed by atoms with Crippen LogP contribution in [0.2, 0.25) is 0 Å². The predicted molar refractivity (Wildman–Crippen MR) is 42.2 cm³/mol. The van der Waals surface area contributed by atoms with Crippen molar-refractivity contribution < 1.29 is 15.0 Å². The van der Waals surface area contributed by atoms with Crippen LogP contribution in [0.25, 0.3) is 0 Å². The lowest BCUT2D eigenvalue weighted by atomic mass is 10.0. The van der Waals surface area contributed by atoms with E-state index in [0.29, 0.717) is 0 Å². The van der Waals surface area contributed by atoms with Crippen LogP contribution in [-0.4, -0.2) is 25.6 Å². The molecule has 3 heteroatoms. The zero-order valence-corrected chi connectivity index (χ0v) is 6.52. The van der Waals surface area contributed by atoms with E-state index in [-0.39, 0.29) is 19.4 Å². The molecule has 1 saturated heterocycles. The summed E-state index contributed by atoms with van der Waals surface area (Å²) >= 11 is 0. The lowest BCUT2D eigenvalue weighted by Gasteiger charge is -2.20. The summed E-state index contributed by atoms with van der Waals surface area (Å²) in [7, 11) is 0. The highest BCUT2D eigenvalue weighted by Crippen LogP contribution is 2.11. The molecular formula is C8H15NO2. The molecule has 1 fully saturated rings. The number of nitrogens with one attached hydrogen (secondary N) is 1. The van der Waals surface area contributed by atoms with Gasteiger partial charge < -0.3 is 10.1 Å². The average molecular weight is 161 g/mol. The first kappa shape index (κ1) is 4.45. The summed E-state index contributed by atoms with van der Waals surface area (Å²) in [5, 5.41) is 2.19. The van der Waals surface area contributed by atoms with Crippen molar-refractivity contribution in [1.29, 1.82) is 0 Å². The van der Waals surface area contributed by atoms with E-state index in [1.54, 1.807) is 6.92 Å². The molecule has 0 bridgehead atoms. The van der Waals surface area contributed by atoms with Gasteiger partial charge in [0.1, 0.15) is 0 Å². The van der Waals surface area contributed by atoms with Gasteiger partial charge >= 0.3 is 5.97 Å². The summed E-state index contributed by atoms with van der Waals surface area (Å²) < 4.78 is 34.6. The third-order valence-electron chi connectivity index (χ3n) is 1.46. The van der Waals surface area contributed by atoms with Crippen LogP contribution in [0.5, 0.6) is 0 Å². The molecule has 0 spiro atoms. The minimum atomic E-state index is -2.05. The molecule has 11 heavy (non-hydrogen) atoms. The lowest BCUT2D eigenvalue weighted by molar-refractivity contribution is -0.148. The van der Waals surface area contributed by atoms with E-state index >= 15 is 0 Å². The highest BCUT2D eigenvalue weighted by atomic mass is 16.5. The van der Waals surface area contributed by atoms with Gasteiger partial charge in [0.05, 0.1) is 12.5 Å². The van der Waals surface area contributed by atoms with Crippen LogP contribution < -0.4 is 5.32 Å². The first-order chi connectivity index (χ1) is 6.78. The molecule has 3 nitrogen and oxygen atoms in total. The van der Waals surface area contributed by atoms with Crippen molar-refractivity contribution in [3.63, 3.8) is 0 Å². The molecule has 1 heterocycles. The van der Waals surface area contributed by atoms with Gasteiger partial charge in [-0.2, -0.15) is 0 Å². The van der Waals surface area contributed by atoms with Gasteiger partial charge in [0.25, 0.3) is 0 Å². The number of hydrogen-bond donors (Lipinski definition) is 1. The first-order valence-corrected chi connectivity index (χ1v) is 3.74. The number of ether oxygens (including phenoxy) is 1. The fourth-order valence-corrected chi connectivity index (χ4v) is 0.909. The topological polar surface area (TPSA) is 38.3 Å². The Labute approximate surface area is 72.7 Å². The van der Waals surface area contributed by atoms with E-state index in [2.05, 4.69) is 5.32 Å². The smallest absolute Gasteiger partial charge is 0.310 e. The summed E-state index contributed by atoms with van der Waals surface area (Å²) in [6, 6.07) is 0. The van der Waals surface area contributed by atoms with Crippen LogP contribution in [0.3, 0.4) is 0 Å². The van der Waals surface area contributed by atoms with Crippen LogP contribution >= 0.6 is 0 Å². The quantitative estimate of drug-likeness (QED) is 0.601. The normalized spacial score (nSPS) is 39.2. The highest BCUT2D eigenvalue weighted by Gasteiger charge is 2.21. The van der Waals surface area contributed by atoms with Gasteiger partial charge in [-0.05, 0) is 26.3 Å². The maximum absolute atomic E-state index is 11.4. The van der Waals surface area contributed by atoms with E-state index in [1.807, 2.05) is 0 Å². The summed E-state index contributed by atoms with van der Waals surface area (Å²) in [5.41, 5.74) is 0. The number of hydrogen-bond acceptors (Lipinski definition) is 3. The van der Waals surface area contributed by atoms with E-state index in [9.17, 15) is 4.79 Å². The molecule has 64 valence electrons. The SMILES string of the molecule is [2H]C1([2H])CCC(C(=O)OCC)C([2H])([2H])N1.